The number of rotatable bonds is 3. The van der Waals surface area contributed by atoms with Crippen LogP contribution >= 0.6 is 23.6 Å². The van der Waals surface area contributed by atoms with Crippen LogP contribution in [0.15, 0.2) is 40.8 Å². The molecular formula is C12H12N4S2. The molecule has 3 N–H and O–H groups in total. The Bertz CT molecular complexity index is 575. The minimum atomic E-state index is 0.146. The van der Waals surface area contributed by atoms with E-state index in [-0.39, 0.29) is 5.11 Å². The number of nitrogens with zero attached hydrogens (tertiary/aromatic N) is 2. The number of benzene rings is 1. The highest BCUT2D eigenvalue weighted by atomic mass is 32.1. The maximum Gasteiger partial charge on any atom is 0.184 e. The Labute approximate surface area is 115 Å². The van der Waals surface area contributed by atoms with Gasteiger partial charge in [0.2, 0.25) is 0 Å². The van der Waals surface area contributed by atoms with Crippen molar-refractivity contribution >= 4 is 34.4 Å². The van der Waals surface area contributed by atoms with Crippen molar-refractivity contribution in [1.29, 1.82) is 0 Å². The Hall–Kier alpha value is -1.79. The van der Waals surface area contributed by atoms with Crippen molar-refractivity contribution in [3.05, 3.63) is 41.4 Å². The molecule has 0 radical (unpaired) electrons. The Kier molecular flexibility index (Phi) is 4.01. The molecule has 0 fully saturated rings. The zero-order valence-corrected chi connectivity index (χ0v) is 11.4. The number of aromatic nitrogens is 1. The minimum absolute atomic E-state index is 0.146. The van der Waals surface area contributed by atoms with E-state index in [0.717, 1.165) is 22.0 Å². The highest BCUT2D eigenvalue weighted by Crippen LogP contribution is 2.23. The topological polar surface area (TPSA) is 63.3 Å². The summed E-state index contributed by atoms with van der Waals surface area (Å²) in [5.74, 6) is 0. The molecule has 0 atom stereocenters. The molecule has 0 aliphatic rings. The molecule has 2 aromatic rings. The molecule has 1 heterocycles. The zero-order chi connectivity index (χ0) is 13.0. The molecule has 0 unspecified atom stereocenters. The van der Waals surface area contributed by atoms with Gasteiger partial charge in [0.15, 0.2) is 5.11 Å². The van der Waals surface area contributed by atoms with E-state index in [4.69, 9.17) is 5.73 Å². The molecule has 0 amide bonds. The van der Waals surface area contributed by atoms with Gasteiger partial charge in [0.25, 0.3) is 0 Å². The Morgan fingerprint density at radius 3 is 2.78 bits per heavy atom. The Morgan fingerprint density at radius 2 is 2.11 bits per heavy atom. The van der Waals surface area contributed by atoms with E-state index in [2.05, 4.69) is 27.7 Å². The third-order valence-electron chi connectivity index (χ3n) is 2.23. The largest absolute Gasteiger partial charge is 0.375 e. The van der Waals surface area contributed by atoms with Crippen LogP contribution in [0.2, 0.25) is 0 Å². The molecule has 1 aromatic carbocycles. The molecule has 4 nitrogen and oxygen atoms in total. The summed E-state index contributed by atoms with van der Waals surface area (Å²) in [6.45, 7) is 1.86. The van der Waals surface area contributed by atoms with Crippen LogP contribution < -0.4 is 11.2 Å². The summed E-state index contributed by atoms with van der Waals surface area (Å²) < 4.78 is 0. The zero-order valence-electron chi connectivity index (χ0n) is 9.75. The number of thiocarbonyl (C=S) groups is 1. The monoisotopic (exact) mass is 276 g/mol. The van der Waals surface area contributed by atoms with Crippen LogP contribution in [0.1, 0.15) is 12.6 Å². The Balaban J connectivity index is 2.21. The first kappa shape index (κ1) is 12.7. The highest BCUT2D eigenvalue weighted by molar-refractivity contribution is 7.80. The average molecular weight is 276 g/mol. The lowest BCUT2D eigenvalue weighted by atomic mass is 10.2. The predicted octanol–water partition coefficient (Wildman–Crippen LogP) is 2.37. The minimum Gasteiger partial charge on any atom is -0.375 e. The number of hydrazone groups is 1. The predicted molar refractivity (Wildman–Crippen MR) is 79.7 cm³/mol. The van der Waals surface area contributed by atoms with E-state index in [1.807, 2.05) is 42.6 Å². The summed E-state index contributed by atoms with van der Waals surface area (Å²) in [7, 11) is 0. The molecule has 6 heteroatoms. The van der Waals surface area contributed by atoms with E-state index in [1.165, 1.54) is 0 Å². The first-order valence-electron chi connectivity index (χ1n) is 5.28. The summed E-state index contributed by atoms with van der Waals surface area (Å²) in [4.78, 5) is 4.52. The van der Waals surface area contributed by atoms with Crippen molar-refractivity contribution in [1.82, 2.24) is 10.4 Å². The first-order chi connectivity index (χ1) is 8.66. The van der Waals surface area contributed by atoms with Crippen LogP contribution in [-0.2, 0) is 0 Å². The highest BCUT2D eigenvalue weighted by Gasteiger charge is 2.06. The van der Waals surface area contributed by atoms with Crippen LogP contribution in [0.25, 0.3) is 10.6 Å². The first-order valence-corrected chi connectivity index (χ1v) is 6.56. The van der Waals surface area contributed by atoms with Crippen molar-refractivity contribution < 1.29 is 0 Å². The quantitative estimate of drug-likeness (QED) is 0.513. The number of nitrogens with one attached hydrogen (secondary N) is 1. The van der Waals surface area contributed by atoms with E-state index in [0.29, 0.717) is 0 Å². The fourth-order valence-electron chi connectivity index (χ4n) is 1.35. The van der Waals surface area contributed by atoms with E-state index in [1.54, 1.807) is 11.3 Å². The maximum atomic E-state index is 5.31. The van der Waals surface area contributed by atoms with Gasteiger partial charge < -0.3 is 5.73 Å². The van der Waals surface area contributed by atoms with Gasteiger partial charge in [-0.25, -0.2) is 4.98 Å². The molecule has 0 bridgehead atoms. The number of thiazole rings is 1. The third-order valence-corrected chi connectivity index (χ3v) is 3.21. The second-order valence-corrected chi connectivity index (χ2v) is 4.88. The van der Waals surface area contributed by atoms with Gasteiger partial charge in [-0.05, 0) is 19.1 Å². The lowest BCUT2D eigenvalue weighted by Gasteiger charge is -1.98. The van der Waals surface area contributed by atoms with Gasteiger partial charge in [-0.2, -0.15) is 5.10 Å². The number of nitrogens with two attached hydrogens (primary N) is 1. The molecule has 0 saturated heterocycles. The SMILES string of the molecule is CC(=NNC(N)=S)c1csc(-c2ccccc2)n1. The standard InChI is InChI=1S/C12H12N4S2/c1-8(15-16-12(13)17)10-7-18-11(14-10)9-5-3-2-4-6-9/h2-7H,1H3,(H3,13,16,17). The molecular weight excluding hydrogens is 264 g/mol. The fraction of sp³-hybridized carbons (Fsp3) is 0.0833. The van der Waals surface area contributed by atoms with Crippen LogP contribution in [0.4, 0.5) is 0 Å². The molecule has 0 aliphatic carbocycles. The molecule has 0 aliphatic heterocycles. The molecule has 0 saturated carbocycles. The van der Waals surface area contributed by atoms with Crippen molar-refractivity contribution in [2.24, 2.45) is 10.8 Å². The lowest BCUT2D eigenvalue weighted by Crippen LogP contribution is -2.25. The average Bonchev–Trinajstić information content (AvgIpc) is 2.86. The van der Waals surface area contributed by atoms with Gasteiger partial charge in [-0.15, -0.1) is 11.3 Å². The van der Waals surface area contributed by atoms with Gasteiger partial charge in [0.1, 0.15) is 5.01 Å². The van der Waals surface area contributed by atoms with E-state index < -0.39 is 0 Å². The summed E-state index contributed by atoms with van der Waals surface area (Å²) >= 11 is 6.27. The number of hydrogen-bond acceptors (Lipinski definition) is 4. The van der Waals surface area contributed by atoms with Crippen LogP contribution in [0, 0.1) is 0 Å². The second kappa shape index (κ2) is 5.70. The van der Waals surface area contributed by atoms with Crippen molar-refractivity contribution in [2.75, 3.05) is 0 Å². The van der Waals surface area contributed by atoms with E-state index >= 15 is 0 Å². The van der Waals surface area contributed by atoms with Crippen molar-refractivity contribution in [2.45, 2.75) is 6.92 Å². The Morgan fingerprint density at radius 1 is 1.39 bits per heavy atom. The summed E-state index contributed by atoms with van der Waals surface area (Å²) in [6, 6.07) is 10.0. The van der Waals surface area contributed by atoms with Crippen LogP contribution in [0.5, 0.6) is 0 Å². The third kappa shape index (κ3) is 3.12. The van der Waals surface area contributed by atoms with Crippen molar-refractivity contribution in [3.8, 4) is 10.6 Å². The van der Waals surface area contributed by atoms with Gasteiger partial charge >= 0.3 is 0 Å². The molecule has 1 aromatic heterocycles. The van der Waals surface area contributed by atoms with Crippen LogP contribution in [0.3, 0.4) is 0 Å². The number of hydrogen-bond donors (Lipinski definition) is 2. The summed E-state index contributed by atoms with van der Waals surface area (Å²) in [5.41, 5.74) is 10.5. The fourth-order valence-corrected chi connectivity index (χ4v) is 2.26. The van der Waals surface area contributed by atoms with Gasteiger partial charge in [-0.3, -0.25) is 5.43 Å². The molecule has 18 heavy (non-hydrogen) atoms. The summed E-state index contributed by atoms with van der Waals surface area (Å²) in [5, 5.41) is 7.12. The summed E-state index contributed by atoms with van der Waals surface area (Å²) in [6.07, 6.45) is 0. The van der Waals surface area contributed by atoms with E-state index in [9.17, 15) is 0 Å². The smallest absolute Gasteiger partial charge is 0.184 e. The van der Waals surface area contributed by atoms with Crippen molar-refractivity contribution in [3.63, 3.8) is 0 Å². The maximum absolute atomic E-state index is 5.31. The van der Waals surface area contributed by atoms with Gasteiger partial charge in [-0.1, -0.05) is 30.3 Å². The molecule has 2 rings (SSSR count). The normalized spacial score (nSPS) is 11.3. The molecule has 0 spiro atoms. The second-order valence-electron chi connectivity index (χ2n) is 3.58. The van der Waals surface area contributed by atoms with Crippen LogP contribution in [-0.4, -0.2) is 15.8 Å². The lowest BCUT2D eigenvalue weighted by molar-refractivity contribution is 1.03. The van der Waals surface area contributed by atoms with Gasteiger partial charge in [0, 0.05) is 10.9 Å². The molecule has 92 valence electrons. The van der Waals surface area contributed by atoms with Gasteiger partial charge in [0.05, 0.1) is 11.4 Å².